The summed E-state index contributed by atoms with van der Waals surface area (Å²) in [5.74, 6) is 0. The molecule has 0 aromatic rings. The third-order valence-corrected chi connectivity index (χ3v) is 3.30. The molecule has 7 nitrogen and oxygen atoms in total. The van der Waals surface area contributed by atoms with Crippen LogP contribution in [0, 0.1) is 5.41 Å². The monoisotopic (exact) mass is 269 g/mol. The van der Waals surface area contributed by atoms with E-state index in [1.807, 2.05) is 0 Å². The van der Waals surface area contributed by atoms with Gasteiger partial charge in [-0.05, 0) is 37.6 Å². The van der Waals surface area contributed by atoms with E-state index < -0.39 is 14.5 Å². The van der Waals surface area contributed by atoms with Crippen molar-refractivity contribution in [1.82, 2.24) is 0 Å². The summed E-state index contributed by atoms with van der Waals surface area (Å²) in [4.78, 5) is 26.5. The van der Waals surface area contributed by atoms with Crippen LogP contribution in [0.25, 0.3) is 0 Å². The van der Waals surface area contributed by atoms with Gasteiger partial charge >= 0.3 is 9.05 Å². The maximum atomic E-state index is 9.01. The second-order valence-corrected chi connectivity index (χ2v) is 5.64. The Labute approximate surface area is 102 Å². The van der Waals surface area contributed by atoms with Crippen molar-refractivity contribution >= 4 is 9.05 Å². The molecule has 0 aromatic carbocycles. The molecule has 0 unspecified atom stereocenters. The van der Waals surface area contributed by atoms with Crippen LogP contribution >= 0.6 is 0 Å². The van der Waals surface area contributed by atoms with Crippen molar-refractivity contribution in [1.29, 1.82) is 0 Å². The Balaban J connectivity index is 4.51. The van der Waals surface area contributed by atoms with Crippen molar-refractivity contribution in [2.24, 2.45) is 11.1 Å². The molecule has 0 atom stereocenters. The smallest absolute Gasteiger partial charge is 0.396 e. The third kappa shape index (κ3) is 7.79. The van der Waals surface area contributed by atoms with Gasteiger partial charge in [-0.3, -0.25) is 0 Å². The Hall–Kier alpha value is -0.0631. The van der Waals surface area contributed by atoms with Gasteiger partial charge in [-0.25, -0.2) is 0 Å². The summed E-state index contributed by atoms with van der Waals surface area (Å²) in [6.45, 7) is 0.123. The average molecular weight is 269 g/mol. The molecule has 0 rings (SSSR count). The van der Waals surface area contributed by atoms with E-state index in [0.717, 1.165) is 0 Å². The number of aliphatic hydroxyl groups is 2. The van der Waals surface area contributed by atoms with Crippen LogP contribution in [0.5, 0.6) is 0 Å². The van der Waals surface area contributed by atoms with Gasteiger partial charge in [-0.2, -0.15) is 0 Å². The molecule has 8 heteroatoms. The van der Waals surface area contributed by atoms with Crippen molar-refractivity contribution in [3.05, 3.63) is 0 Å². The van der Waals surface area contributed by atoms with Gasteiger partial charge in [0.15, 0.2) is 0 Å². The lowest BCUT2D eigenvalue weighted by Crippen LogP contribution is -2.43. The number of hydrogen-bond donors (Lipinski definition) is 6. The second-order valence-electron chi connectivity index (χ2n) is 4.20. The zero-order chi connectivity index (χ0) is 13.4. The molecule has 0 spiro atoms. The third-order valence-electron chi connectivity index (χ3n) is 2.77. The van der Waals surface area contributed by atoms with Crippen molar-refractivity contribution in [3.63, 3.8) is 0 Å². The Bertz CT molecular complexity index is 192. The quantitative estimate of drug-likeness (QED) is 0.250. The molecule has 0 aliphatic carbocycles. The van der Waals surface area contributed by atoms with Gasteiger partial charge in [0.2, 0.25) is 0 Å². The highest BCUT2D eigenvalue weighted by atomic mass is 28.4. The lowest BCUT2D eigenvalue weighted by molar-refractivity contribution is -0.00337. The summed E-state index contributed by atoms with van der Waals surface area (Å²) in [5, 5.41) is 18.0. The van der Waals surface area contributed by atoms with Crippen molar-refractivity contribution in [2.45, 2.75) is 25.7 Å². The summed E-state index contributed by atoms with van der Waals surface area (Å²) in [6.07, 6.45) is 1.94. The van der Waals surface area contributed by atoms with Crippen LogP contribution in [0.15, 0.2) is 0 Å². The molecule has 7 N–H and O–H groups in total. The predicted octanol–water partition coefficient (Wildman–Crippen LogP) is -2.09. The number of nitrogens with two attached hydrogens (primary N) is 1. The fourth-order valence-corrected chi connectivity index (χ4v) is 2.29. The van der Waals surface area contributed by atoms with Crippen LogP contribution in [0.1, 0.15) is 25.7 Å². The van der Waals surface area contributed by atoms with Crippen molar-refractivity contribution in [2.75, 3.05) is 26.4 Å². The fourth-order valence-electron chi connectivity index (χ4n) is 1.79. The first kappa shape index (κ1) is 16.9. The van der Waals surface area contributed by atoms with E-state index in [4.69, 9.17) is 30.3 Å². The summed E-state index contributed by atoms with van der Waals surface area (Å²) >= 11 is 0. The molecule has 0 aliphatic heterocycles. The van der Waals surface area contributed by atoms with E-state index in [-0.39, 0.29) is 19.8 Å². The van der Waals surface area contributed by atoms with Crippen LogP contribution in [0.4, 0.5) is 0 Å². The highest BCUT2D eigenvalue weighted by Crippen LogP contribution is 2.32. The summed E-state index contributed by atoms with van der Waals surface area (Å²) in [6, 6.07) is 0. The summed E-state index contributed by atoms with van der Waals surface area (Å²) in [5.41, 5.74) is 4.82. The molecular formula is C9H23NO6Si. The van der Waals surface area contributed by atoms with Crippen LogP contribution in [0.3, 0.4) is 0 Å². The first-order valence-corrected chi connectivity index (χ1v) is 7.37. The second kappa shape index (κ2) is 8.11. The van der Waals surface area contributed by atoms with E-state index in [2.05, 4.69) is 4.43 Å². The van der Waals surface area contributed by atoms with E-state index in [9.17, 15) is 0 Å². The summed E-state index contributed by atoms with van der Waals surface area (Å²) < 4.78 is 4.64. The van der Waals surface area contributed by atoms with Crippen LogP contribution in [0.2, 0.25) is 0 Å². The Kier molecular flexibility index (Phi) is 8.08. The average Bonchev–Trinajstić information content (AvgIpc) is 2.23. The number of hydrogen-bond acceptors (Lipinski definition) is 7. The van der Waals surface area contributed by atoms with Gasteiger partial charge in [0.1, 0.15) is 0 Å². The minimum absolute atomic E-state index is 0.106. The molecule has 0 amide bonds. The largest absolute Gasteiger partial charge is 0.671 e. The van der Waals surface area contributed by atoms with E-state index >= 15 is 0 Å². The lowest BCUT2D eigenvalue weighted by Gasteiger charge is -2.33. The van der Waals surface area contributed by atoms with E-state index in [1.165, 1.54) is 0 Å². The number of rotatable bonds is 10. The number of aliphatic hydroxyl groups excluding tert-OH is 2. The molecule has 17 heavy (non-hydrogen) atoms. The van der Waals surface area contributed by atoms with Gasteiger partial charge in [0.25, 0.3) is 0 Å². The Morgan fingerprint density at radius 2 is 1.53 bits per heavy atom. The molecular weight excluding hydrogens is 246 g/mol. The SMILES string of the molecule is NCCCC(CCO)(CCO)CO[Si](O)(O)O. The van der Waals surface area contributed by atoms with Gasteiger partial charge in [0, 0.05) is 19.8 Å². The van der Waals surface area contributed by atoms with E-state index in [1.54, 1.807) is 0 Å². The zero-order valence-electron chi connectivity index (χ0n) is 9.88. The minimum atomic E-state index is -4.56. The molecule has 0 saturated heterocycles. The fraction of sp³-hybridized carbons (Fsp3) is 1.00. The van der Waals surface area contributed by atoms with Crippen LogP contribution < -0.4 is 5.73 Å². The molecule has 0 aromatic heterocycles. The van der Waals surface area contributed by atoms with Crippen LogP contribution in [-0.4, -0.2) is 60.0 Å². The van der Waals surface area contributed by atoms with Gasteiger partial charge in [-0.1, -0.05) is 0 Å². The van der Waals surface area contributed by atoms with Crippen LogP contribution in [-0.2, 0) is 4.43 Å². The van der Waals surface area contributed by atoms with E-state index in [0.29, 0.717) is 32.2 Å². The molecule has 104 valence electrons. The first-order chi connectivity index (χ1) is 7.89. The maximum Gasteiger partial charge on any atom is 0.671 e. The highest BCUT2D eigenvalue weighted by molar-refractivity contribution is 6.48. The van der Waals surface area contributed by atoms with Gasteiger partial charge in [0.05, 0.1) is 0 Å². The lowest BCUT2D eigenvalue weighted by atomic mass is 9.78. The standard InChI is InChI=1S/C9H23NO6Si/c10-5-1-2-9(3-6-11,4-7-12)8-16-17(13,14)15/h11-15H,1-8,10H2. The van der Waals surface area contributed by atoms with Crippen molar-refractivity contribution < 1.29 is 29.0 Å². The normalized spacial score (nSPS) is 13.1. The highest BCUT2D eigenvalue weighted by Gasteiger charge is 2.37. The zero-order valence-corrected chi connectivity index (χ0v) is 10.9. The first-order valence-electron chi connectivity index (χ1n) is 5.62. The van der Waals surface area contributed by atoms with Gasteiger partial charge < -0.3 is 34.8 Å². The molecule has 0 saturated carbocycles. The Morgan fingerprint density at radius 1 is 1.00 bits per heavy atom. The molecule has 0 bridgehead atoms. The Morgan fingerprint density at radius 3 is 1.88 bits per heavy atom. The molecule has 0 heterocycles. The topological polar surface area (TPSA) is 136 Å². The molecule has 0 fully saturated rings. The maximum absolute atomic E-state index is 9.01. The van der Waals surface area contributed by atoms with Crippen molar-refractivity contribution in [3.8, 4) is 0 Å². The predicted molar refractivity (Wildman–Crippen MR) is 62.5 cm³/mol. The summed E-state index contributed by atoms with van der Waals surface area (Å²) in [7, 11) is -4.56. The molecule has 0 radical (unpaired) electrons. The minimum Gasteiger partial charge on any atom is -0.396 e. The van der Waals surface area contributed by atoms with Gasteiger partial charge in [-0.15, -0.1) is 0 Å². The molecule has 0 aliphatic rings.